The second-order valence-electron chi connectivity index (χ2n) is 3.84. The number of aliphatic hydroxyl groups is 1. The van der Waals surface area contributed by atoms with E-state index in [9.17, 15) is 21.6 Å². The lowest BCUT2D eigenvalue weighted by Gasteiger charge is -2.14. The largest absolute Gasteiger partial charge is 0.417 e. The normalized spacial score (nSPS) is 14.4. The van der Waals surface area contributed by atoms with E-state index in [0.717, 1.165) is 12.1 Å². The van der Waals surface area contributed by atoms with E-state index >= 15 is 0 Å². The van der Waals surface area contributed by atoms with Crippen LogP contribution in [-0.4, -0.2) is 26.2 Å². The number of hydrogen-bond acceptors (Lipinski definition) is 3. The van der Waals surface area contributed by atoms with Crippen molar-refractivity contribution in [2.24, 2.45) is 0 Å². The maximum absolute atomic E-state index is 12.8. The van der Waals surface area contributed by atoms with Crippen molar-refractivity contribution in [2.75, 3.05) is 6.54 Å². The Hall–Kier alpha value is -0.830. The highest BCUT2D eigenvalue weighted by Crippen LogP contribution is 2.35. The molecule has 0 unspecified atom stereocenters. The van der Waals surface area contributed by atoms with Crippen molar-refractivity contribution in [3.63, 3.8) is 0 Å². The number of rotatable bonds is 4. The van der Waals surface area contributed by atoms with Crippen LogP contribution in [0, 0.1) is 0 Å². The third kappa shape index (κ3) is 4.34. The van der Waals surface area contributed by atoms with Crippen LogP contribution in [0.4, 0.5) is 13.2 Å². The van der Waals surface area contributed by atoms with E-state index in [1.807, 2.05) is 4.72 Å². The van der Waals surface area contributed by atoms with E-state index in [1.54, 1.807) is 0 Å². The first kappa shape index (κ1) is 16.2. The summed E-state index contributed by atoms with van der Waals surface area (Å²) in [7, 11) is -4.37. The molecule has 0 heterocycles. The van der Waals surface area contributed by atoms with Crippen molar-refractivity contribution in [3.05, 3.63) is 28.8 Å². The predicted molar refractivity (Wildman–Crippen MR) is 63.3 cm³/mol. The molecule has 0 bridgehead atoms. The molecule has 0 saturated carbocycles. The van der Waals surface area contributed by atoms with Crippen LogP contribution < -0.4 is 4.72 Å². The average molecular weight is 318 g/mol. The van der Waals surface area contributed by atoms with Crippen molar-refractivity contribution in [1.29, 1.82) is 0 Å². The second-order valence-corrected chi connectivity index (χ2v) is 6.01. The molecule has 1 aromatic carbocycles. The molecule has 0 radical (unpaired) electrons. The highest BCUT2D eigenvalue weighted by Gasteiger charge is 2.37. The van der Waals surface area contributed by atoms with Crippen molar-refractivity contribution >= 4 is 21.6 Å². The van der Waals surface area contributed by atoms with Gasteiger partial charge >= 0.3 is 6.18 Å². The fourth-order valence-corrected chi connectivity index (χ4v) is 2.77. The number of benzene rings is 1. The fraction of sp³-hybridized carbons (Fsp3) is 0.400. The van der Waals surface area contributed by atoms with E-state index in [0.29, 0.717) is 6.07 Å². The molecule has 4 nitrogen and oxygen atoms in total. The first-order valence-electron chi connectivity index (χ1n) is 5.08. The lowest BCUT2D eigenvalue weighted by Crippen LogP contribution is -2.32. The van der Waals surface area contributed by atoms with Gasteiger partial charge < -0.3 is 5.11 Å². The van der Waals surface area contributed by atoms with Crippen LogP contribution in [0.2, 0.25) is 5.02 Å². The number of nitrogens with one attached hydrogen (secondary N) is 1. The van der Waals surface area contributed by atoms with Crippen LogP contribution >= 0.6 is 11.6 Å². The van der Waals surface area contributed by atoms with E-state index in [4.69, 9.17) is 16.7 Å². The third-order valence-corrected chi connectivity index (χ3v) is 3.82. The zero-order valence-corrected chi connectivity index (χ0v) is 11.3. The van der Waals surface area contributed by atoms with Crippen molar-refractivity contribution < 1.29 is 26.7 Å². The van der Waals surface area contributed by atoms with Crippen LogP contribution in [0.15, 0.2) is 23.1 Å². The third-order valence-electron chi connectivity index (χ3n) is 2.11. The Morgan fingerprint density at radius 2 is 2.00 bits per heavy atom. The van der Waals surface area contributed by atoms with Crippen molar-refractivity contribution in [2.45, 2.75) is 24.1 Å². The van der Waals surface area contributed by atoms with Gasteiger partial charge in [0.05, 0.1) is 16.6 Å². The maximum Gasteiger partial charge on any atom is 0.417 e. The van der Waals surface area contributed by atoms with Gasteiger partial charge in [-0.1, -0.05) is 11.6 Å². The molecule has 108 valence electrons. The van der Waals surface area contributed by atoms with Gasteiger partial charge in [0.2, 0.25) is 10.0 Å². The summed E-state index contributed by atoms with van der Waals surface area (Å²) in [6, 6.07) is 2.36. The lowest BCUT2D eigenvalue weighted by atomic mass is 10.2. The number of sulfonamides is 1. The molecule has 1 rings (SSSR count). The molecule has 1 aromatic rings. The minimum Gasteiger partial charge on any atom is -0.392 e. The Morgan fingerprint density at radius 3 is 2.47 bits per heavy atom. The highest BCUT2D eigenvalue weighted by atomic mass is 35.5. The molecule has 0 saturated heterocycles. The molecule has 0 aliphatic carbocycles. The number of hydrogen-bond donors (Lipinski definition) is 2. The van der Waals surface area contributed by atoms with Gasteiger partial charge in [-0.25, -0.2) is 13.1 Å². The smallest absolute Gasteiger partial charge is 0.392 e. The molecule has 9 heteroatoms. The zero-order chi connectivity index (χ0) is 14.8. The van der Waals surface area contributed by atoms with Crippen LogP contribution in [-0.2, 0) is 16.2 Å². The van der Waals surface area contributed by atoms with Gasteiger partial charge in [-0.3, -0.25) is 0 Å². The van der Waals surface area contributed by atoms with Gasteiger partial charge in [0.15, 0.2) is 0 Å². The fourth-order valence-electron chi connectivity index (χ4n) is 1.27. The molecule has 0 fully saturated rings. The highest BCUT2D eigenvalue weighted by molar-refractivity contribution is 7.89. The summed E-state index contributed by atoms with van der Waals surface area (Å²) in [5, 5.41) is 8.75. The molecule has 0 aliphatic heterocycles. The summed E-state index contributed by atoms with van der Waals surface area (Å²) < 4.78 is 63.7. The van der Waals surface area contributed by atoms with E-state index in [1.165, 1.54) is 6.92 Å². The summed E-state index contributed by atoms with van der Waals surface area (Å²) >= 11 is 5.45. The van der Waals surface area contributed by atoms with Crippen LogP contribution in [0.5, 0.6) is 0 Å². The summed E-state index contributed by atoms with van der Waals surface area (Å²) in [5.41, 5.74) is -1.35. The average Bonchev–Trinajstić information content (AvgIpc) is 2.25. The summed E-state index contributed by atoms with van der Waals surface area (Å²) in [4.78, 5) is -0.926. The molecule has 0 aliphatic rings. The Morgan fingerprint density at radius 1 is 1.42 bits per heavy atom. The summed E-state index contributed by atoms with van der Waals surface area (Å²) in [6.07, 6.45) is -5.86. The Balaban J connectivity index is 3.27. The van der Waals surface area contributed by atoms with Crippen LogP contribution in [0.1, 0.15) is 12.5 Å². The van der Waals surface area contributed by atoms with Crippen LogP contribution in [0.3, 0.4) is 0 Å². The zero-order valence-electron chi connectivity index (χ0n) is 9.70. The van der Waals surface area contributed by atoms with Gasteiger partial charge in [0.1, 0.15) is 0 Å². The van der Waals surface area contributed by atoms with Crippen molar-refractivity contribution in [1.82, 2.24) is 4.72 Å². The molecule has 0 amide bonds. The number of alkyl halides is 3. The standard InChI is InChI=1S/C10H11ClF3NO3S/c1-6(16)5-15-19(17,18)9-3-2-7(11)4-8(9)10(12,13)14/h2-4,6,15-16H,5H2,1H3/t6-/m1/s1. The first-order chi connectivity index (χ1) is 8.54. The van der Waals surface area contributed by atoms with E-state index in [-0.39, 0.29) is 11.6 Å². The van der Waals surface area contributed by atoms with Gasteiger partial charge in [0.25, 0.3) is 0 Å². The molecule has 0 aromatic heterocycles. The summed E-state index contributed by atoms with van der Waals surface area (Å²) in [6.45, 7) is 0.914. The predicted octanol–water partition coefficient (Wildman–Crippen LogP) is 2.02. The van der Waals surface area contributed by atoms with Gasteiger partial charge in [-0.15, -0.1) is 0 Å². The lowest BCUT2D eigenvalue weighted by molar-refractivity contribution is -0.139. The minimum atomic E-state index is -4.85. The monoisotopic (exact) mass is 317 g/mol. The second kappa shape index (κ2) is 5.66. The molecule has 19 heavy (non-hydrogen) atoms. The molecule has 0 spiro atoms. The quantitative estimate of drug-likeness (QED) is 0.893. The van der Waals surface area contributed by atoms with E-state index < -0.39 is 32.8 Å². The van der Waals surface area contributed by atoms with Gasteiger partial charge in [0, 0.05) is 11.6 Å². The maximum atomic E-state index is 12.8. The Bertz CT molecular complexity index is 558. The minimum absolute atomic E-state index is 0.221. The molecule has 1 atom stereocenters. The summed E-state index contributed by atoms with van der Waals surface area (Å²) in [5.74, 6) is 0. The molecular weight excluding hydrogens is 307 g/mol. The number of aliphatic hydroxyl groups excluding tert-OH is 1. The van der Waals surface area contributed by atoms with Gasteiger partial charge in [-0.2, -0.15) is 13.2 Å². The Labute approximate surface area is 113 Å². The van der Waals surface area contributed by atoms with Crippen LogP contribution in [0.25, 0.3) is 0 Å². The topological polar surface area (TPSA) is 66.4 Å². The first-order valence-corrected chi connectivity index (χ1v) is 6.94. The molecular formula is C10H11ClF3NO3S. The molecule has 2 N–H and O–H groups in total. The number of halogens is 4. The Kier molecular flexibility index (Phi) is 4.83. The van der Waals surface area contributed by atoms with Crippen molar-refractivity contribution in [3.8, 4) is 0 Å². The van der Waals surface area contributed by atoms with E-state index in [2.05, 4.69) is 0 Å². The SMILES string of the molecule is C[C@@H](O)CNS(=O)(=O)c1ccc(Cl)cc1C(F)(F)F. The van der Waals surface area contributed by atoms with Gasteiger partial charge in [-0.05, 0) is 25.1 Å².